The fourth-order valence-corrected chi connectivity index (χ4v) is 4.54. The van der Waals surface area contributed by atoms with Gasteiger partial charge in [0.2, 0.25) is 5.91 Å². The normalized spacial score (nSPS) is 42.5. The molecule has 1 amide bonds. The molecule has 3 fully saturated rings. The van der Waals surface area contributed by atoms with Gasteiger partial charge < -0.3 is 10.6 Å². The quantitative estimate of drug-likeness (QED) is 0.793. The molecule has 4 nitrogen and oxygen atoms in total. The van der Waals surface area contributed by atoms with E-state index in [1.165, 1.54) is 25.8 Å². The molecule has 0 aromatic rings. The molecule has 20 heavy (non-hydrogen) atoms. The van der Waals surface area contributed by atoms with Crippen molar-refractivity contribution in [1.82, 2.24) is 9.80 Å². The average molecular weight is 279 g/mol. The van der Waals surface area contributed by atoms with E-state index in [1.54, 1.807) is 0 Å². The molecule has 2 N–H and O–H groups in total. The van der Waals surface area contributed by atoms with Crippen LogP contribution in [0, 0.1) is 5.92 Å². The summed E-state index contributed by atoms with van der Waals surface area (Å²) in [6, 6.07) is 0.897. The molecule has 0 spiro atoms. The number of nitrogens with zero attached hydrogens (tertiary/aromatic N) is 2. The molecule has 2 heterocycles. The monoisotopic (exact) mass is 279 g/mol. The molecule has 1 saturated carbocycles. The summed E-state index contributed by atoms with van der Waals surface area (Å²) in [7, 11) is 0. The third-order valence-electron chi connectivity index (χ3n) is 5.66. The van der Waals surface area contributed by atoms with Gasteiger partial charge in [0.25, 0.3) is 0 Å². The van der Waals surface area contributed by atoms with Crippen LogP contribution in [0.1, 0.15) is 52.4 Å². The first-order valence-electron chi connectivity index (χ1n) is 8.33. The zero-order valence-electron chi connectivity index (χ0n) is 13.0. The number of fused-ring (bicyclic) bond motifs is 1. The summed E-state index contributed by atoms with van der Waals surface area (Å²) in [5, 5.41) is 0. The molecule has 114 valence electrons. The van der Waals surface area contributed by atoms with Crippen molar-refractivity contribution < 1.29 is 4.79 Å². The fraction of sp³-hybridized carbons (Fsp3) is 0.938. The van der Waals surface area contributed by atoms with Crippen LogP contribution in [0.15, 0.2) is 0 Å². The van der Waals surface area contributed by atoms with Crippen LogP contribution in [-0.4, -0.2) is 53.0 Å². The Morgan fingerprint density at radius 2 is 2.00 bits per heavy atom. The second-order valence-electron chi connectivity index (χ2n) is 7.46. The summed E-state index contributed by atoms with van der Waals surface area (Å²) in [5.74, 6) is 0.809. The molecule has 0 radical (unpaired) electrons. The number of rotatable bonds is 1. The van der Waals surface area contributed by atoms with E-state index in [0.29, 0.717) is 18.0 Å². The Labute approximate surface area is 122 Å². The van der Waals surface area contributed by atoms with Gasteiger partial charge in [0, 0.05) is 25.2 Å². The maximum Gasteiger partial charge on any atom is 0.243 e. The summed E-state index contributed by atoms with van der Waals surface area (Å²) < 4.78 is 0. The van der Waals surface area contributed by atoms with Crippen molar-refractivity contribution >= 4 is 5.91 Å². The second-order valence-corrected chi connectivity index (χ2v) is 7.46. The standard InChI is InChI=1S/C16H29N3O/c1-12-5-3-7-16(17,9-12)15(20)19-11-14-6-4-8-18(14)10-13(19)2/h12-14H,3-11,17H2,1-2H3. The van der Waals surface area contributed by atoms with Crippen LogP contribution in [-0.2, 0) is 4.79 Å². The predicted molar refractivity (Wildman–Crippen MR) is 80.3 cm³/mol. The summed E-state index contributed by atoms with van der Waals surface area (Å²) in [6.45, 7) is 7.55. The molecule has 0 aromatic carbocycles. The highest BCUT2D eigenvalue weighted by molar-refractivity contribution is 5.86. The number of carbonyl (C=O) groups is 1. The minimum absolute atomic E-state index is 0.225. The fourth-order valence-electron chi connectivity index (χ4n) is 4.54. The molecular formula is C16H29N3O. The molecule has 3 aliphatic rings. The predicted octanol–water partition coefficient (Wildman–Crippen LogP) is 1.59. The Morgan fingerprint density at radius 3 is 2.75 bits per heavy atom. The molecule has 3 rings (SSSR count). The zero-order chi connectivity index (χ0) is 14.3. The van der Waals surface area contributed by atoms with Gasteiger partial charge in [-0.3, -0.25) is 9.69 Å². The van der Waals surface area contributed by atoms with Gasteiger partial charge in [0.1, 0.15) is 0 Å². The third-order valence-corrected chi connectivity index (χ3v) is 5.66. The van der Waals surface area contributed by atoms with Gasteiger partial charge in [-0.05, 0) is 45.1 Å². The van der Waals surface area contributed by atoms with E-state index in [9.17, 15) is 4.79 Å². The van der Waals surface area contributed by atoms with Gasteiger partial charge >= 0.3 is 0 Å². The summed E-state index contributed by atoms with van der Waals surface area (Å²) in [6.07, 6.45) is 6.57. The van der Waals surface area contributed by atoms with Crippen LogP contribution in [0.4, 0.5) is 0 Å². The first-order chi connectivity index (χ1) is 9.49. The van der Waals surface area contributed by atoms with Crippen molar-refractivity contribution in [2.45, 2.75) is 70.0 Å². The lowest BCUT2D eigenvalue weighted by molar-refractivity contribution is -0.144. The van der Waals surface area contributed by atoms with Crippen molar-refractivity contribution in [3.8, 4) is 0 Å². The molecule has 0 aromatic heterocycles. The van der Waals surface area contributed by atoms with Crippen LogP contribution >= 0.6 is 0 Å². The van der Waals surface area contributed by atoms with Gasteiger partial charge in [0.05, 0.1) is 5.54 Å². The van der Waals surface area contributed by atoms with E-state index in [0.717, 1.165) is 32.4 Å². The molecule has 1 aliphatic carbocycles. The lowest BCUT2D eigenvalue weighted by Crippen LogP contribution is -2.64. The van der Waals surface area contributed by atoms with Gasteiger partial charge in [-0.25, -0.2) is 0 Å². The molecule has 2 aliphatic heterocycles. The van der Waals surface area contributed by atoms with Gasteiger partial charge in [-0.1, -0.05) is 19.8 Å². The van der Waals surface area contributed by atoms with Crippen LogP contribution < -0.4 is 5.73 Å². The number of piperazine rings is 1. The van der Waals surface area contributed by atoms with Crippen molar-refractivity contribution in [3.05, 3.63) is 0 Å². The highest BCUT2D eigenvalue weighted by Gasteiger charge is 2.45. The Bertz CT molecular complexity index is 386. The largest absolute Gasteiger partial charge is 0.336 e. The number of amides is 1. The van der Waals surface area contributed by atoms with Crippen molar-refractivity contribution in [2.75, 3.05) is 19.6 Å². The van der Waals surface area contributed by atoms with Gasteiger partial charge in [-0.15, -0.1) is 0 Å². The van der Waals surface area contributed by atoms with Gasteiger partial charge in [0.15, 0.2) is 0 Å². The number of hydrogen-bond donors (Lipinski definition) is 1. The highest BCUT2D eigenvalue weighted by atomic mass is 16.2. The van der Waals surface area contributed by atoms with E-state index in [4.69, 9.17) is 5.73 Å². The maximum absolute atomic E-state index is 13.0. The number of nitrogens with two attached hydrogens (primary N) is 1. The highest BCUT2D eigenvalue weighted by Crippen LogP contribution is 2.34. The molecule has 0 bridgehead atoms. The van der Waals surface area contributed by atoms with Crippen molar-refractivity contribution in [2.24, 2.45) is 11.7 Å². The van der Waals surface area contributed by atoms with Crippen LogP contribution in [0.2, 0.25) is 0 Å². The van der Waals surface area contributed by atoms with Crippen LogP contribution in [0.25, 0.3) is 0 Å². The third kappa shape index (κ3) is 2.48. The first-order valence-corrected chi connectivity index (χ1v) is 8.33. The Balaban J connectivity index is 1.72. The van der Waals surface area contributed by atoms with E-state index >= 15 is 0 Å². The minimum Gasteiger partial charge on any atom is -0.336 e. The van der Waals surface area contributed by atoms with E-state index in [2.05, 4.69) is 23.6 Å². The minimum atomic E-state index is -0.591. The molecule has 4 atom stereocenters. The SMILES string of the molecule is CC1CCCC(N)(C(=O)N2CC3CCCN3CC2C)C1. The molecular weight excluding hydrogens is 250 g/mol. The van der Waals surface area contributed by atoms with E-state index in [-0.39, 0.29) is 5.91 Å². The lowest BCUT2D eigenvalue weighted by Gasteiger charge is -2.47. The van der Waals surface area contributed by atoms with E-state index < -0.39 is 5.54 Å². The van der Waals surface area contributed by atoms with E-state index in [1.807, 2.05) is 0 Å². The molecule has 4 unspecified atom stereocenters. The number of carbonyl (C=O) groups excluding carboxylic acids is 1. The molecule has 2 saturated heterocycles. The second kappa shape index (κ2) is 5.30. The van der Waals surface area contributed by atoms with Crippen molar-refractivity contribution in [3.63, 3.8) is 0 Å². The Kier molecular flexibility index (Phi) is 3.80. The summed E-state index contributed by atoms with van der Waals surface area (Å²) in [4.78, 5) is 17.7. The maximum atomic E-state index is 13.0. The average Bonchev–Trinajstić information content (AvgIpc) is 2.83. The topological polar surface area (TPSA) is 49.6 Å². The van der Waals surface area contributed by atoms with Crippen LogP contribution in [0.5, 0.6) is 0 Å². The smallest absolute Gasteiger partial charge is 0.243 e. The van der Waals surface area contributed by atoms with Gasteiger partial charge in [-0.2, -0.15) is 0 Å². The number of hydrogen-bond acceptors (Lipinski definition) is 3. The van der Waals surface area contributed by atoms with Crippen molar-refractivity contribution in [1.29, 1.82) is 0 Å². The zero-order valence-corrected chi connectivity index (χ0v) is 13.0. The summed E-state index contributed by atoms with van der Waals surface area (Å²) >= 11 is 0. The van der Waals surface area contributed by atoms with Crippen LogP contribution in [0.3, 0.4) is 0 Å². The summed E-state index contributed by atoms with van der Waals surface area (Å²) in [5.41, 5.74) is 5.93. The first kappa shape index (κ1) is 14.3. The Hall–Kier alpha value is -0.610. The Morgan fingerprint density at radius 1 is 1.20 bits per heavy atom. The molecule has 4 heteroatoms. The lowest BCUT2D eigenvalue weighted by atomic mass is 9.76.